The molecule has 1 N–H and O–H groups in total. The number of benzene rings is 2. The van der Waals surface area contributed by atoms with Crippen molar-refractivity contribution in [2.24, 2.45) is 0 Å². The second kappa shape index (κ2) is 7.93. The minimum atomic E-state index is -3.80. The molecule has 9 heteroatoms. The van der Waals surface area contributed by atoms with Crippen molar-refractivity contribution in [3.8, 4) is 11.5 Å². The quantitative estimate of drug-likeness (QED) is 0.809. The van der Waals surface area contributed by atoms with Crippen molar-refractivity contribution in [3.63, 3.8) is 0 Å². The van der Waals surface area contributed by atoms with Gasteiger partial charge in [-0.3, -0.25) is 4.79 Å². The number of fused-ring (bicyclic) bond motifs is 1. The molecule has 27 heavy (non-hydrogen) atoms. The number of amides is 1. The zero-order chi connectivity index (χ0) is 19.4. The van der Waals surface area contributed by atoms with Crippen LogP contribution >= 0.6 is 0 Å². The van der Waals surface area contributed by atoms with Gasteiger partial charge in [-0.25, -0.2) is 17.5 Å². The molecule has 1 heterocycles. The number of ether oxygens (including phenoxy) is 2. The topological polar surface area (TPSA) is 84.9 Å². The van der Waals surface area contributed by atoms with Gasteiger partial charge in [-0.15, -0.1) is 0 Å². The maximum Gasteiger partial charge on any atom is 0.240 e. The number of carbonyl (C=O) groups is 1. The van der Waals surface area contributed by atoms with Gasteiger partial charge >= 0.3 is 0 Å². The van der Waals surface area contributed by atoms with Crippen molar-refractivity contribution in [1.29, 1.82) is 0 Å². The summed E-state index contributed by atoms with van der Waals surface area (Å²) in [4.78, 5) is 13.2. The Labute approximate surface area is 156 Å². The summed E-state index contributed by atoms with van der Waals surface area (Å²) in [6.45, 7) is 2.12. The van der Waals surface area contributed by atoms with Crippen LogP contribution < -0.4 is 19.1 Å². The molecule has 0 unspecified atom stereocenters. The molecule has 1 aliphatic rings. The molecule has 1 amide bonds. The molecular formula is C18H19FN2O5S. The number of nitrogens with zero attached hydrogens (tertiary/aromatic N) is 1. The molecule has 7 nitrogen and oxygen atoms in total. The predicted molar refractivity (Wildman–Crippen MR) is 97.0 cm³/mol. The second-order valence-corrected chi connectivity index (χ2v) is 7.62. The predicted octanol–water partition coefficient (Wildman–Crippen LogP) is 1.93. The number of anilines is 1. The van der Waals surface area contributed by atoms with E-state index in [1.165, 1.54) is 48.2 Å². The first-order valence-corrected chi connectivity index (χ1v) is 9.78. The van der Waals surface area contributed by atoms with Crippen LogP contribution in [-0.4, -0.2) is 40.6 Å². The fourth-order valence-electron chi connectivity index (χ4n) is 2.68. The number of halogens is 1. The van der Waals surface area contributed by atoms with E-state index in [0.29, 0.717) is 30.4 Å². The highest BCUT2D eigenvalue weighted by molar-refractivity contribution is 7.89. The maximum atomic E-state index is 13.4. The third kappa shape index (κ3) is 4.55. The zero-order valence-electron chi connectivity index (χ0n) is 14.6. The Morgan fingerprint density at radius 1 is 1.15 bits per heavy atom. The zero-order valence-corrected chi connectivity index (χ0v) is 15.5. The summed E-state index contributed by atoms with van der Waals surface area (Å²) in [5.41, 5.74) is 0.362. The van der Waals surface area contributed by atoms with E-state index in [4.69, 9.17) is 9.47 Å². The van der Waals surface area contributed by atoms with E-state index >= 15 is 0 Å². The number of hydrogen-bond donors (Lipinski definition) is 1. The van der Waals surface area contributed by atoms with Crippen LogP contribution in [0.5, 0.6) is 11.5 Å². The normalized spacial score (nSPS) is 13.3. The maximum absolute atomic E-state index is 13.4. The molecule has 0 bridgehead atoms. The highest BCUT2D eigenvalue weighted by Crippen LogP contribution is 2.32. The molecule has 0 radical (unpaired) electrons. The largest absolute Gasteiger partial charge is 0.486 e. The first-order valence-electron chi connectivity index (χ1n) is 8.30. The van der Waals surface area contributed by atoms with Crippen LogP contribution in [0.3, 0.4) is 0 Å². The molecule has 0 saturated carbocycles. The number of rotatable bonds is 6. The molecule has 0 saturated heterocycles. The average Bonchev–Trinajstić information content (AvgIpc) is 2.64. The molecule has 1 aliphatic heterocycles. The lowest BCUT2D eigenvalue weighted by Crippen LogP contribution is -2.37. The standard InChI is InChI=1S/C18H19FN2O5S/c1-13(22)21(15-4-2-3-14(19)11-15)8-7-20-27(23,24)16-5-6-17-18(12-16)26-10-9-25-17/h2-6,11-12,20H,7-10H2,1H3. The Hall–Kier alpha value is -2.65. The Morgan fingerprint density at radius 3 is 2.59 bits per heavy atom. The van der Waals surface area contributed by atoms with Gasteiger partial charge in [0.1, 0.15) is 19.0 Å². The first kappa shape index (κ1) is 19.1. The molecule has 0 fully saturated rings. The van der Waals surface area contributed by atoms with Gasteiger partial charge < -0.3 is 14.4 Å². The van der Waals surface area contributed by atoms with Gasteiger partial charge in [-0.2, -0.15) is 0 Å². The number of hydrogen-bond acceptors (Lipinski definition) is 5. The van der Waals surface area contributed by atoms with Crippen LogP contribution in [0.15, 0.2) is 47.4 Å². The molecule has 3 rings (SSSR count). The molecule has 0 aliphatic carbocycles. The molecule has 2 aromatic carbocycles. The van der Waals surface area contributed by atoms with Crippen LogP contribution in [0.1, 0.15) is 6.92 Å². The Balaban J connectivity index is 1.68. The highest BCUT2D eigenvalue weighted by Gasteiger charge is 2.20. The van der Waals surface area contributed by atoms with Crippen LogP contribution in [0.4, 0.5) is 10.1 Å². The summed E-state index contributed by atoms with van der Waals surface area (Å²) in [5.74, 6) is 0.0676. The van der Waals surface area contributed by atoms with Gasteiger partial charge in [0.25, 0.3) is 0 Å². The van der Waals surface area contributed by atoms with E-state index in [2.05, 4.69) is 4.72 Å². The van der Waals surface area contributed by atoms with Gasteiger partial charge in [0.05, 0.1) is 4.90 Å². The van der Waals surface area contributed by atoms with Crippen LogP contribution in [0.2, 0.25) is 0 Å². The second-order valence-electron chi connectivity index (χ2n) is 5.85. The van der Waals surface area contributed by atoms with E-state index in [9.17, 15) is 17.6 Å². The minimum absolute atomic E-state index is 0.0341. The van der Waals surface area contributed by atoms with Crippen LogP contribution in [0.25, 0.3) is 0 Å². The Morgan fingerprint density at radius 2 is 1.89 bits per heavy atom. The molecule has 2 aromatic rings. The molecule has 0 atom stereocenters. The number of sulfonamides is 1. The molecule has 0 spiro atoms. The van der Waals surface area contributed by atoms with Crippen molar-refractivity contribution < 1.29 is 27.1 Å². The Kier molecular flexibility index (Phi) is 5.62. The van der Waals surface area contributed by atoms with Crippen molar-refractivity contribution in [2.45, 2.75) is 11.8 Å². The van der Waals surface area contributed by atoms with E-state index in [-0.39, 0.29) is 23.9 Å². The van der Waals surface area contributed by atoms with E-state index in [0.717, 1.165) is 0 Å². The van der Waals surface area contributed by atoms with Gasteiger partial charge in [-0.1, -0.05) is 6.07 Å². The third-order valence-electron chi connectivity index (χ3n) is 3.95. The van der Waals surface area contributed by atoms with E-state index in [1.54, 1.807) is 6.07 Å². The lowest BCUT2D eigenvalue weighted by atomic mass is 10.2. The average molecular weight is 394 g/mol. The first-order chi connectivity index (χ1) is 12.9. The van der Waals surface area contributed by atoms with Gasteiger partial charge in [0.15, 0.2) is 11.5 Å². The fourth-order valence-corrected chi connectivity index (χ4v) is 3.71. The summed E-state index contributed by atoms with van der Waals surface area (Å²) in [6.07, 6.45) is 0. The van der Waals surface area contributed by atoms with Gasteiger partial charge in [0, 0.05) is 31.8 Å². The smallest absolute Gasteiger partial charge is 0.240 e. The van der Waals surface area contributed by atoms with E-state index < -0.39 is 15.8 Å². The SMILES string of the molecule is CC(=O)N(CCNS(=O)(=O)c1ccc2c(c1)OCCO2)c1cccc(F)c1. The van der Waals surface area contributed by atoms with Crippen molar-refractivity contribution in [2.75, 3.05) is 31.2 Å². The monoisotopic (exact) mass is 394 g/mol. The van der Waals surface area contributed by atoms with Gasteiger partial charge in [0.2, 0.25) is 15.9 Å². The molecule has 0 aromatic heterocycles. The van der Waals surface area contributed by atoms with Gasteiger partial charge in [-0.05, 0) is 30.3 Å². The van der Waals surface area contributed by atoms with Crippen molar-refractivity contribution >= 4 is 21.6 Å². The lowest BCUT2D eigenvalue weighted by Gasteiger charge is -2.22. The summed E-state index contributed by atoms with van der Waals surface area (Å²) in [7, 11) is -3.80. The highest BCUT2D eigenvalue weighted by atomic mass is 32.2. The lowest BCUT2D eigenvalue weighted by molar-refractivity contribution is -0.116. The fraction of sp³-hybridized carbons (Fsp3) is 0.278. The Bertz CT molecular complexity index is 949. The van der Waals surface area contributed by atoms with Crippen molar-refractivity contribution in [3.05, 3.63) is 48.3 Å². The molecular weight excluding hydrogens is 375 g/mol. The van der Waals surface area contributed by atoms with Crippen molar-refractivity contribution in [1.82, 2.24) is 4.72 Å². The number of nitrogens with one attached hydrogen (secondary N) is 1. The third-order valence-corrected chi connectivity index (χ3v) is 5.41. The summed E-state index contributed by atoms with van der Waals surface area (Å²) in [5, 5.41) is 0. The van der Waals surface area contributed by atoms with Crippen LogP contribution in [0, 0.1) is 5.82 Å². The number of carbonyl (C=O) groups excluding carboxylic acids is 1. The summed E-state index contributed by atoms with van der Waals surface area (Å²) in [6, 6.07) is 9.91. The summed E-state index contributed by atoms with van der Waals surface area (Å²) >= 11 is 0. The van der Waals surface area contributed by atoms with Crippen LogP contribution in [-0.2, 0) is 14.8 Å². The summed E-state index contributed by atoms with van der Waals surface area (Å²) < 4.78 is 51.6. The van der Waals surface area contributed by atoms with E-state index in [1.807, 2.05) is 0 Å². The minimum Gasteiger partial charge on any atom is -0.486 e. The molecule has 144 valence electrons.